The number of ether oxygens (including phenoxy) is 1. The van der Waals surface area contributed by atoms with Crippen molar-refractivity contribution in [2.45, 2.75) is 0 Å². The van der Waals surface area contributed by atoms with Gasteiger partial charge < -0.3 is 20.6 Å². The minimum Gasteiger partial charge on any atom is -0.504 e. The smallest absolute Gasteiger partial charge is 0.266 e. The van der Waals surface area contributed by atoms with Crippen LogP contribution >= 0.6 is 0 Å². The van der Waals surface area contributed by atoms with Crippen LogP contribution in [-0.2, 0) is 0 Å². The third-order valence-corrected chi connectivity index (χ3v) is 2.29. The molecule has 2 rings (SSSR count). The lowest BCUT2D eigenvalue weighted by Gasteiger charge is -2.04. The Morgan fingerprint density at radius 1 is 1.53 bits per heavy atom. The molecule has 0 bridgehead atoms. The Morgan fingerprint density at radius 2 is 2.29 bits per heavy atom. The number of aromatic nitrogens is 2. The number of nitrogens with one attached hydrogen (secondary N) is 1. The Balaban J connectivity index is 2.39. The molecule has 1 amide bonds. The summed E-state index contributed by atoms with van der Waals surface area (Å²) in [6, 6.07) is 4.81. The minimum absolute atomic E-state index is 0.00188. The van der Waals surface area contributed by atoms with Gasteiger partial charge in [0.15, 0.2) is 11.5 Å². The molecular formula is C11H11N3O3. The summed E-state index contributed by atoms with van der Waals surface area (Å²) in [4.78, 5) is 17.6. The van der Waals surface area contributed by atoms with E-state index in [0.717, 1.165) is 0 Å². The zero-order valence-corrected chi connectivity index (χ0v) is 9.10. The summed E-state index contributed by atoms with van der Waals surface area (Å²) in [7, 11) is 1.47. The number of hydrogen-bond donors (Lipinski definition) is 3. The van der Waals surface area contributed by atoms with Crippen molar-refractivity contribution in [1.82, 2.24) is 9.97 Å². The summed E-state index contributed by atoms with van der Waals surface area (Å²) in [5, 5.41) is 9.61. The van der Waals surface area contributed by atoms with Crippen molar-refractivity contribution in [3.63, 3.8) is 0 Å². The van der Waals surface area contributed by atoms with Gasteiger partial charge in [0.1, 0.15) is 11.5 Å². The third kappa shape index (κ3) is 2.05. The second-order valence-corrected chi connectivity index (χ2v) is 3.40. The van der Waals surface area contributed by atoms with Crippen LogP contribution in [0.5, 0.6) is 11.5 Å². The summed E-state index contributed by atoms with van der Waals surface area (Å²) in [5.41, 5.74) is 5.95. The van der Waals surface area contributed by atoms with Gasteiger partial charge in [-0.2, -0.15) is 0 Å². The van der Waals surface area contributed by atoms with Gasteiger partial charge in [0, 0.05) is 5.56 Å². The van der Waals surface area contributed by atoms with E-state index < -0.39 is 5.91 Å². The van der Waals surface area contributed by atoms with Crippen LogP contribution in [0.4, 0.5) is 0 Å². The number of imidazole rings is 1. The van der Waals surface area contributed by atoms with Crippen molar-refractivity contribution in [3.8, 4) is 22.9 Å². The normalized spacial score (nSPS) is 10.2. The van der Waals surface area contributed by atoms with Crippen molar-refractivity contribution in [1.29, 1.82) is 0 Å². The van der Waals surface area contributed by atoms with Gasteiger partial charge in [-0.25, -0.2) is 4.98 Å². The molecule has 2 aromatic rings. The Hall–Kier alpha value is -2.50. The fraction of sp³-hybridized carbons (Fsp3) is 0.0909. The highest BCUT2D eigenvalue weighted by atomic mass is 16.5. The summed E-state index contributed by atoms with van der Waals surface area (Å²) >= 11 is 0. The van der Waals surface area contributed by atoms with Crippen LogP contribution in [0.1, 0.15) is 10.5 Å². The number of hydrogen-bond acceptors (Lipinski definition) is 4. The summed E-state index contributed by atoms with van der Waals surface area (Å²) in [5.74, 6) is 0.246. The first-order valence-electron chi connectivity index (χ1n) is 4.84. The van der Waals surface area contributed by atoms with Crippen molar-refractivity contribution in [2.24, 2.45) is 5.73 Å². The number of carbonyl (C=O) groups excluding carboxylic acids is 1. The Morgan fingerprint density at radius 3 is 2.82 bits per heavy atom. The van der Waals surface area contributed by atoms with Crippen molar-refractivity contribution in [2.75, 3.05) is 7.11 Å². The molecule has 88 valence electrons. The predicted molar refractivity (Wildman–Crippen MR) is 60.8 cm³/mol. The van der Waals surface area contributed by atoms with Gasteiger partial charge in [-0.05, 0) is 18.2 Å². The number of aromatic hydroxyl groups is 1. The van der Waals surface area contributed by atoms with E-state index in [0.29, 0.717) is 17.1 Å². The number of primary amides is 1. The molecule has 0 unspecified atom stereocenters. The summed E-state index contributed by atoms with van der Waals surface area (Å²) in [6.07, 6.45) is 1.35. The van der Waals surface area contributed by atoms with Gasteiger partial charge in [-0.15, -0.1) is 0 Å². The molecule has 0 saturated carbocycles. The molecule has 17 heavy (non-hydrogen) atoms. The summed E-state index contributed by atoms with van der Waals surface area (Å²) in [6.45, 7) is 0. The van der Waals surface area contributed by atoms with Gasteiger partial charge in [-0.3, -0.25) is 4.79 Å². The minimum atomic E-state index is -0.582. The molecule has 0 fully saturated rings. The van der Waals surface area contributed by atoms with E-state index in [-0.39, 0.29) is 11.4 Å². The van der Waals surface area contributed by atoms with E-state index in [4.69, 9.17) is 10.5 Å². The first kappa shape index (κ1) is 11.0. The maximum Gasteiger partial charge on any atom is 0.266 e. The quantitative estimate of drug-likeness (QED) is 0.732. The third-order valence-electron chi connectivity index (χ3n) is 2.29. The highest BCUT2D eigenvalue weighted by Gasteiger charge is 2.09. The Labute approximate surface area is 97.1 Å². The molecule has 0 aliphatic heterocycles. The number of benzene rings is 1. The van der Waals surface area contributed by atoms with Crippen LogP contribution in [0.15, 0.2) is 24.4 Å². The average molecular weight is 233 g/mol. The molecule has 1 heterocycles. The lowest BCUT2D eigenvalue weighted by Crippen LogP contribution is -2.10. The SMILES string of the molecule is COc1ccc(-c2ncc(C(N)=O)[nH]2)cc1O. The highest BCUT2D eigenvalue weighted by Crippen LogP contribution is 2.29. The number of carbonyl (C=O) groups is 1. The molecule has 4 N–H and O–H groups in total. The van der Waals surface area contributed by atoms with Crippen LogP contribution in [0.25, 0.3) is 11.4 Å². The van der Waals surface area contributed by atoms with Crippen LogP contribution in [0.2, 0.25) is 0 Å². The number of aromatic amines is 1. The fourth-order valence-electron chi connectivity index (χ4n) is 1.43. The van der Waals surface area contributed by atoms with Gasteiger partial charge >= 0.3 is 0 Å². The Bertz CT molecular complexity index is 563. The zero-order chi connectivity index (χ0) is 12.4. The molecule has 1 aromatic carbocycles. The van der Waals surface area contributed by atoms with Crippen LogP contribution in [0.3, 0.4) is 0 Å². The number of nitrogens with zero attached hydrogens (tertiary/aromatic N) is 1. The first-order chi connectivity index (χ1) is 8.11. The molecule has 0 aliphatic carbocycles. The monoisotopic (exact) mass is 233 g/mol. The van der Waals surface area contributed by atoms with E-state index in [1.165, 1.54) is 19.4 Å². The average Bonchev–Trinajstić information content (AvgIpc) is 2.78. The Kier molecular flexibility index (Phi) is 2.70. The number of methoxy groups -OCH3 is 1. The van der Waals surface area contributed by atoms with Gasteiger partial charge in [-0.1, -0.05) is 0 Å². The van der Waals surface area contributed by atoms with Crippen molar-refractivity contribution in [3.05, 3.63) is 30.1 Å². The molecular weight excluding hydrogens is 222 g/mol. The van der Waals surface area contributed by atoms with E-state index in [9.17, 15) is 9.90 Å². The van der Waals surface area contributed by atoms with Gasteiger partial charge in [0.05, 0.1) is 13.3 Å². The second-order valence-electron chi connectivity index (χ2n) is 3.40. The largest absolute Gasteiger partial charge is 0.504 e. The predicted octanol–water partition coefficient (Wildman–Crippen LogP) is 0.890. The molecule has 0 aliphatic rings. The van der Waals surface area contributed by atoms with Gasteiger partial charge in [0.25, 0.3) is 5.91 Å². The molecule has 0 radical (unpaired) electrons. The lowest BCUT2D eigenvalue weighted by molar-refractivity contribution is 0.0996. The number of nitrogens with two attached hydrogens (primary N) is 1. The number of phenols is 1. The van der Waals surface area contributed by atoms with Crippen LogP contribution in [0, 0.1) is 0 Å². The zero-order valence-electron chi connectivity index (χ0n) is 9.10. The maximum absolute atomic E-state index is 10.9. The number of amides is 1. The van der Waals surface area contributed by atoms with Crippen LogP contribution in [-0.4, -0.2) is 28.1 Å². The maximum atomic E-state index is 10.9. The number of rotatable bonds is 3. The number of H-pyrrole nitrogens is 1. The van der Waals surface area contributed by atoms with E-state index >= 15 is 0 Å². The lowest BCUT2D eigenvalue weighted by atomic mass is 10.2. The first-order valence-corrected chi connectivity index (χ1v) is 4.84. The molecule has 0 atom stereocenters. The second kappa shape index (κ2) is 4.17. The molecule has 0 spiro atoms. The molecule has 6 heteroatoms. The number of phenolic OH excluding ortho intramolecular Hbond substituents is 1. The van der Waals surface area contributed by atoms with E-state index in [2.05, 4.69) is 9.97 Å². The highest BCUT2D eigenvalue weighted by molar-refractivity contribution is 5.91. The van der Waals surface area contributed by atoms with Crippen LogP contribution < -0.4 is 10.5 Å². The molecule has 6 nitrogen and oxygen atoms in total. The van der Waals surface area contributed by atoms with E-state index in [1.54, 1.807) is 12.1 Å². The standard InChI is InChI=1S/C11H11N3O3/c1-17-9-3-2-6(4-8(9)15)11-13-5-7(14-11)10(12)16/h2-5,15H,1H3,(H2,12,16)(H,13,14). The molecule has 1 aromatic heterocycles. The van der Waals surface area contributed by atoms with E-state index in [1.807, 2.05) is 0 Å². The van der Waals surface area contributed by atoms with Crippen molar-refractivity contribution >= 4 is 5.91 Å². The topological polar surface area (TPSA) is 101 Å². The molecule has 0 saturated heterocycles. The summed E-state index contributed by atoms with van der Waals surface area (Å²) < 4.78 is 4.92. The van der Waals surface area contributed by atoms with Crippen molar-refractivity contribution < 1.29 is 14.6 Å². The van der Waals surface area contributed by atoms with Gasteiger partial charge in [0.2, 0.25) is 0 Å². The fourth-order valence-corrected chi connectivity index (χ4v) is 1.43.